The number of ether oxygens (including phenoxy) is 1. The zero-order valence-electron chi connectivity index (χ0n) is 11.9. The van der Waals surface area contributed by atoms with Crippen LogP contribution in [0.2, 0.25) is 0 Å². The summed E-state index contributed by atoms with van der Waals surface area (Å²) < 4.78 is 5.49. The molecule has 8 heteroatoms. The fourth-order valence-corrected chi connectivity index (χ4v) is 2.65. The number of aromatic nitrogens is 2. The largest absolute Gasteiger partial charge is 0.463 e. The van der Waals surface area contributed by atoms with Crippen LogP contribution in [0.3, 0.4) is 0 Å². The lowest BCUT2D eigenvalue weighted by atomic mass is 10.1. The summed E-state index contributed by atoms with van der Waals surface area (Å²) in [4.78, 5) is 22.2. The van der Waals surface area contributed by atoms with Crippen LogP contribution >= 0.6 is 0 Å². The van der Waals surface area contributed by atoms with E-state index in [1.54, 1.807) is 4.90 Å². The zero-order valence-corrected chi connectivity index (χ0v) is 11.9. The highest BCUT2D eigenvalue weighted by Crippen LogP contribution is 2.38. The number of carbonyl (C=O) groups excluding carboxylic acids is 1. The van der Waals surface area contributed by atoms with Gasteiger partial charge in [-0.25, -0.2) is 0 Å². The molecule has 1 aromatic heterocycles. The first kappa shape index (κ1) is 13.9. The predicted octanol–water partition coefficient (Wildman–Crippen LogP) is 0.129. The molecule has 0 saturated carbocycles. The highest BCUT2D eigenvalue weighted by Gasteiger charge is 2.42. The second kappa shape index (κ2) is 5.36. The van der Waals surface area contributed by atoms with E-state index in [2.05, 4.69) is 22.2 Å². The van der Waals surface area contributed by atoms with Crippen LogP contribution in [0.5, 0.6) is 6.01 Å². The highest BCUT2D eigenvalue weighted by atomic mass is 16.5. The maximum atomic E-state index is 12.0. The minimum Gasteiger partial charge on any atom is -0.463 e. The number of aliphatic hydroxyl groups excluding tert-OH is 1. The number of nitrogens with one attached hydrogen (secondary N) is 1. The van der Waals surface area contributed by atoms with E-state index in [4.69, 9.17) is 10.5 Å². The Kier molecular flexibility index (Phi) is 3.54. The third-order valence-corrected chi connectivity index (χ3v) is 3.73. The van der Waals surface area contributed by atoms with Crippen LogP contribution in [0.15, 0.2) is 0 Å². The van der Waals surface area contributed by atoms with E-state index in [-0.39, 0.29) is 17.7 Å². The van der Waals surface area contributed by atoms with E-state index < -0.39 is 12.1 Å². The zero-order chi connectivity index (χ0) is 15.0. The Hall–Kier alpha value is -2.09. The molecule has 2 atom stereocenters. The number of fused-ring (bicyclic) bond motifs is 3. The van der Waals surface area contributed by atoms with Crippen molar-refractivity contribution in [3.05, 3.63) is 0 Å². The molecule has 1 amide bonds. The minimum atomic E-state index is -0.549. The minimum absolute atomic E-state index is 0.180. The fraction of sp³-hybridized carbons (Fsp3) is 0.615. The lowest BCUT2D eigenvalue weighted by molar-refractivity contribution is -0.117. The van der Waals surface area contributed by atoms with Crippen molar-refractivity contribution >= 4 is 23.2 Å². The number of unbranched alkanes of at least 4 members (excludes halogenated alkanes) is 1. The van der Waals surface area contributed by atoms with Gasteiger partial charge in [0.2, 0.25) is 5.91 Å². The van der Waals surface area contributed by atoms with E-state index >= 15 is 0 Å². The third-order valence-electron chi connectivity index (χ3n) is 3.73. The van der Waals surface area contributed by atoms with Crippen LogP contribution < -0.4 is 20.7 Å². The van der Waals surface area contributed by atoms with Gasteiger partial charge in [-0.15, -0.1) is 0 Å². The van der Waals surface area contributed by atoms with Gasteiger partial charge in [-0.05, 0) is 6.42 Å². The van der Waals surface area contributed by atoms with Crippen molar-refractivity contribution in [2.24, 2.45) is 0 Å². The average molecular weight is 293 g/mol. The first-order valence-electron chi connectivity index (χ1n) is 7.16. The second-order valence-electron chi connectivity index (χ2n) is 5.34. The molecule has 3 heterocycles. The molecule has 0 aliphatic carbocycles. The number of carbonyl (C=O) groups is 1. The number of aliphatic hydroxyl groups is 1. The molecule has 4 N–H and O–H groups in total. The van der Waals surface area contributed by atoms with Crippen LogP contribution in [0.4, 0.5) is 17.3 Å². The van der Waals surface area contributed by atoms with E-state index in [1.165, 1.54) is 0 Å². The van der Waals surface area contributed by atoms with Crippen molar-refractivity contribution in [3.8, 4) is 6.01 Å². The Labute approximate surface area is 122 Å². The Bertz CT molecular complexity index is 565. The van der Waals surface area contributed by atoms with Gasteiger partial charge in [0, 0.05) is 13.0 Å². The molecule has 3 rings (SSSR count). The SMILES string of the molecule is CCCCOc1nc(N)c2c(n1)N1CC(O)CC1C(=O)N2. The topological polar surface area (TPSA) is 114 Å². The summed E-state index contributed by atoms with van der Waals surface area (Å²) in [7, 11) is 0. The number of rotatable bonds is 4. The lowest BCUT2D eigenvalue weighted by Gasteiger charge is -2.31. The summed E-state index contributed by atoms with van der Waals surface area (Å²) >= 11 is 0. The molecule has 8 nitrogen and oxygen atoms in total. The van der Waals surface area contributed by atoms with Gasteiger partial charge in [0.25, 0.3) is 0 Å². The van der Waals surface area contributed by atoms with Gasteiger partial charge in [0.05, 0.1) is 12.7 Å². The predicted molar refractivity (Wildman–Crippen MR) is 77.2 cm³/mol. The Morgan fingerprint density at radius 3 is 3.10 bits per heavy atom. The summed E-state index contributed by atoms with van der Waals surface area (Å²) in [5, 5.41) is 12.5. The molecular weight excluding hydrogens is 274 g/mol. The van der Waals surface area contributed by atoms with E-state index in [9.17, 15) is 9.90 Å². The normalized spacial score (nSPS) is 23.5. The van der Waals surface area contributed by atoms with E-state index in [0.717, 1.165) is 12.8 Å². The van der Waals surface area contributed by atoms with Gasteiger partial charge in [-0.3, -0.25) is 4.79 Å². The summed E-state index contributed by atoms with van der Waals surface area (Å²) in [6, 6.07) is -0.207. The van der Waals surface area contributed by atoms with Crippen LogP contribution in [-0.2, 0) is 4.79 Å². The number of nitrogens with two attached hydrogens (primary N) is 1. The van der Waals surface area contributed by atoms with Crippen molar-refractivity contribution in [3.63, 3.8) is 0 Å². The van der Waals surface area contributed by atoms with Crippen molar-refractivity contribution in [2.45, 2.75) is 38.3 Å². The number of amides is 1. The van der Waals surface area contributed by atoms with Gasteiger partial charge in [-0.1, -0.05) is 13.3 Å². The van der Waals surface area contributed by atoms with Gasteiger partial charge in [-0.2, -0.15) is 9.97 Å². The lowest BCUT2D eigenvalue weighted by Crippen LogP contribution is -2.44. The van der Waals surface area contributed by atoms with Gasteiger partial charge >= 0.3 is 6.01 Å². The first-order chi connectivity index (χ1) is 10.1. The van der Waals surface area contributed by atoms with Crippen LogP contribution in [0.1, 0.15) is 26.2 Å². The number of hydrogen-bond acceptors (Lipinski definition) is 7. The molecule has 2 aliphatic heterocycles. The Balaban J connectivity index is 1.92. The Morgan fingerprint density at radius 2 is 2.33 bits per heavy atom. The molecule has 2 aliphatic rings. The van der Waals surface area contributed by atoms with Gasteiger partial charge < -0.3 is 25.8 Å². The number of nitrogens with zero attached hydrogens (tertiary/aromatic N) is 3. The molecule has 114 valence electrons. The van der Waals surface area contributed by atoms with Crippen molar-refractivity contribution in [2.75, 3.05) is 29.1 Å². The summed E-state index contributed by atoms with van der Waals surface area (Å²) in [5.41, 5.74) is 6.29. The molecule has 21 heavy (non-hydrogen) atoms. The van der Waals surface area contributed by atoms with Crippen LogP contribution in [0, 0.1) is 0 Å². The van der Waals surface area contributed by atoms with Crippen LogP contribution in [0.25, 0.3) is 0 Å². The Morgan fingerprint density at radius 1 is 1.52 bits per heavy atom. The van der Waals surface area contributed by atoms with Gasteiger partial charge in [0.1, 0.15) is 11.7 Å². The number of nitrogen functional groups attached to an aromatic ring is 1. The molecule has 1 aromatic rings. The molecule has 0 bridgehead atoms. The number of anilines is 3. The maximum Gasteiger partial charge on any atom is 0.320 e. The molecule has 0 spiro atoms. The second-order valence-corrected chi connectivity index (χ2v) is 5.34. The maximum absolute atomic E-state index is 12.0. The highest BCUT2D eigenvalue weighted by molar-refractivity contribution is 6.05. The standard InChI is InChI=1S/C13H19N5O3/c1-2-3-4-21-13-16-10(14)9-11(17-13)18-6-7(19)5-8(18)12(20)15-9/h7-8,19H,2-6H2,1H3,(H,15,20)(H2,14,16,17). The quantitative estimate of drug-likeness (QED) is 0.676. The summed E-state index contributed by atoms with van der Waals surface area (Å²) in [6.45, 7) is 2.94. The van der Waals surface area contributed by atoms with Crippen molar-refractivity contribution in [1.82, 2.24) is 9.97 Å². The molecule has 1 saturated heterocycles. The van der Waals surface area contributed by atoms with Gasteiger partial charge in [0.15, 0.2) is 11.6 Å². The monoisotopic (exact) mass is 293 g/mol. The fourth-order valence-electron chi connectivity index (χ4n) is 2.65. The average Bonchev–Trinajstić information content (AvgIpc) is 2.83. The first-order valence-corrected chi connectivity index (χ1v) is 7.16. The third kappa shape index (κ3) is 2.46. The summed E-state index contributed by atoms with van der Waals surface area (Å²) in [5.74, 6) is 0.517. The van der Waals surface area contributed by atoms with Crippen molar-refractivity contribution < 1.29 is 14.6 Å². The van der Waals surface area contributed by atoms with Crippen molar-refractivity contribution in [1.29, 1.82) is 0 Å². The molecular formula is C13H19N5O3. The van der Waals surface area contributed by atoms with E-state index in [1.807, 2.05) is 0 Å². The smallest absolute Gasteiger partial charge is 0.320 e. The van der Waals surface area contributed by atoms with E-state index in [0.29, 0.717) is 31.1 Å². The molecule has 2 unspecified atom stereocenters. The van der Waals surface area contributed by atoms with Crippen LogP contribution in [-0.4, -0.2) is 46.3 Å². The molecule has 0 radical (unpaired) electrons. The number of hydrogen-bond donors (Lipinski definition) is 3. The summed E-state index contributed by atoms with van der Waals surface area (Å²) in [6.07, 6.45) is 1.76. The molecule has 1 fully saturated rings. The molecule has 0 aromatic carbocycles.